The number of morpholine rings is 1. The Morgan fingerprint density at radius 1 is 1.30 bits per heavy atom. The van der Waals surface area contributed by atoms with E-state index in [1.165, 1.54) is 34.3 Å². The molecule has 23 heavy (non-hydrogen) atoms. The van der Waals surface area contributed by atoms with Crippen LogP contribution >= 0.6 is 11.3 Å². The zero-order valence-electron chi connectivity index (χ0n) is 12.2. The van der Waals surface area contributed by atoms with Gasteiger partial charge in [0, 0.05) is 13.1 Å². The van der Waals surface area contributed by atoms with Gasteiger partial charge in [0.2, 0.25) is 10.8 Å². The number of aromatic nitrogens is 3. The molecule has 0 radical (unpaired) electrons. The normalized spacial score (nSPS) is 17.6. The molecule has 0 bridgehead atoms. The molecule has 120 valence electrons. The zero-order chi connectivity index (χ0) is 15.8. The lowest BCUT2D eigenvalue weighted by Gasteiger charge is -2.34. The van der Waals surface area contributed by atoms with Crippen molar-refractivity contribution in [2.24, 2.45) is 0 Å². The van der Waals surface area contributed by atoms with Crippen LogP contribution in [0.1, 0.15) is 16.5 Å². The highest BCUT2D eigenvalue weighted by Crippen LogP contribution is 2.39. The lowest BCUT2D eigenvalue weighted by Crippen LogP contribution is -2.39. The molecule has 8 heteroatoms. The van der Waals surface area contributed by atoms with Crippen molar-refractivity contribution >= 4 is 16.3 Å². The van der Waals surface area contributed by atoms with Crippen LogP contribution in [0.15, 0.2) is 30.6 Å². The lowest BCUT2D eigenvalue weighted by molar-refractivity contribution is 0.0240. The van der Waals surface area contributed by atoms with Gasteiger partial charge in [-0.1, -0.05) is 23.5 Å². The molecule has 1 aliphatic heterocycles. The molecule has 1 unspecified atom stereocenters. The molecule has 1 N–H and O–H groups in total. The summed E-state index contributed by atoms with van der Waals surface area (Å²) in [6.07, 6.45) is 1.40. The van der Waals surface area contributed by atoms with Gasteiger partial charge in [-0.05, 0) is 17.7 Å². The maximum absolute atomic E-state index is 13.7. The average Bonchev–Trinajstić information content (AvgIpc) is 3.13. The van der Waals surface area contributed by atoms with Gasteiger partial charge in [0.1, 0.15) is 12.1 Å². The van der Waals surface area contributed by atoms with Gasteiger partial charge in [0.25, 0.3) is 0 Å². The number of rotatable bonds is 3. The molecular weight excluding hydrogens is 319 g/mol. The van der Waals surface area contributed by atoms with Crippen LogP contribution in [0.2, 0.25) is 0 Å². The first-order valence-electron chi connectivity index (χ1n) is 7.32. The molecule has 1 aromatic carbocycles. The summed E-state index contributed by atoms with van der Waals surface area (Å²) in [7, 11) is 0. The Labute approximate surface area is 135 Å². The fourth-order valence-corrected chi connectivity index (χ4v) is 4.00. The largest absolute Gasteiger partial charge is 0.492 e. The number of thiazole rings is 1. The molecule has 2 aromatic heterocycles. The quantitative estimate of drug-likeness (QED) is 0.794. The number of fused-ring (bicyclic) bond motifs is 1. The van der Waals surface area contributed by atoms with Crippen LogP contribution in [0.3, 0.4) is 0 Å². The van der Waals surface area contributed by atoms with E-state index in [-0.39, 0.29) is 17.7 Å². The van der Waals surface area contributed by atoms with E-state index in [1.54, 1.807) is 6.07 Å². The van der Waals surface area contributed by atoms with Crippen LogP contribution in [0.25, 0.3) is 4.96 Å². The number of ether oxygens (including phenoxy) is 1. The third kappa shape index (κ3) is 2.58. The van der Waals surface area contributed by atoms with Gasteiger partial charge in [-0.2, -0.15) is 9.61 Å². The van der Waals surface area contributed by atoms with E-state index in [4.69, 9.17) is 4.74 Å². The molecule has 1 atom stereocenters. The van der Waals surface area contributed by atoms with E-state index in [0.29, 0.717) is 36.1 Å². The molecular formula is C15H15FN4O2S. The van der Waals surface area contributed by atoms with E-state index in [1.807, 2.05) is 6.07 Å². The van der Waals surface area contributed by atoms with Gasteiger partial charge >= 0.3 is 0 Å². The van der Waals surface area contributed by atoms with E-state index in [0.717, 1.165) is 5.56 Å². The van der Waals surface area contributed by atoms with Gasteiger partial charge in [-0.3, -0.25) is 4.90 Å². The Bertz CT molecular complexity index is 828. The van der Waals surface area contributed by atoms with E-state index >= 15 is 0 Å². The van der Waals surface area contributed by atoms with E-state index < -0.39 is 0 Å². The smallest absolute Gasteiger partial charge is 0.230 e. The Hall–Kier alpha value is -2.03. The molecule has 3 aromatic rings. The second-order valence-electron chi connectivity index (χ2n) is 5.35. The summed E-state index contributed by atoms with van der Waals surface area (Å²) in [4.78, 5) is 7.65. The fraction of sp³-hybridized carbons (Fsp3) is 0.333. The van der Waals surface area contributed by atoms with Crippen molar-refractivity contribution in [3.63, 3.8) is 0 Å². The second kappa shape index (κ2) is 5.88. The molecule has 1 fully saturated rings. The highest BCUT2D eigenvalue weighted by Gasteiger charge is 2.30. The standard InChI is InChI=1S/C15H15FN4O2S/c16-11-3-1-2-10(8-11)12(19-4-6-22-7-5-19)13-14(21)20-15(23-13)17-9-18-20/h1-3,8-9,12,21H,4-7H2. The number of hydrogen-bond acceptors (Lipinski definition) is 6. The minimum absolute atomic E-state index is 0.0586. The number of halogens is 1. The highest BCUT2D eigenvalue weighted by molar-refractivity contribution is 7.17. The molecule has 1 saturated heterocycles. The summed E-state index contributed by atoms with van der Waals surface area (Å²) >= 11 is 1.37. The number of benzene rings is 1. The maximum atomic E-state index is 13.7. The summed E-state index contributed by atoms with van der Waals surface area (Å²) < 4.78 is 20.5. The van der Waals surface area contributed by atoms with Gasteiger partial charge in [-0.15, -0.1) is 0 Å². The molecule has 6 nitrogen and oxygen atoms in total. The van der Waals surface area contributed by atoms with Crippen LogP contribution < -0.4 is 0 Å². The summed E-state index contributed by atoms with van der Waals surface area (Å²) in [5.41, 5.74) is 0.798. The summed E-state index contributed by atoms with van der Waals surface area (Å²) in [6.45, 7) is 2.67. The van der Waals surface area contributed by atoms with Crippen molar-refractivity contribution in [1.29, 1.82) is 0 Å². The number of aromatic hydroxyl groups is 1. The minimum Gasteiger partial charge on any atom is -0.492 e. The van der Waals surface area contributed by atoms with Crippen molar-refractivity contribution in [1.82, 2.24) is 19.5 Å². The van der Waals surface area contributed by atoms with Gasteiger partial charge < -0.3 is 9.84 Å². The van der Waals surface area contributed by atoms with Crippen molar-refractivity contribution in [3.05, 3.63) is 46.9 Å². The van der Waals surface area contributed by atoms with Crippen molar-refractivity contribution in [2.45, 2.75) is 6.04 Å². The lowest BCUT2D eigenvalue weighted by atomic mass is 10.0. The third-order valence-corrected chi connectivity index (χ3v) is 5.05. The van der Waals surface area contributed by atoms with Crippen LogP contribution in [0.4, 0.5) is 4.39 Å². The highest BCUT2D eigenvalue weighted by atomic mass is 32.1. The second-order valence-corrected chi connectivity index (χ2v) is 6.36. The molecule has 3 heterocycles. The zero-order valence-corrected chi connectivity index (χ0v) is 13.0. The van der Waals surface area contributed by atoms with Crippen LogP contribution in [-0.2, 0) is 4.74 Å². The van der Waals surface area contributed by atoms with E-state index in [2.05, 4.69) is 15.0 Å². The third-order valence-electron chi connectivity index (χ3n) is 3.96. The summed E-state index contributed by atoms with van der Waals surface area (Å²) in [6, 6.07) is 6.24. The van der Waals surface area contributed by atoms with Crippen LogP contribution in [0, 0.1) is 5.82 Å². The molecule has 0 spiro atoms. The molecule has 1 aliphatic rings. The minimum atomic E-state index is -0.292. The predicted octanol–water partition coefficient (Wildman–Crippen LogP) is 2.06. The van der Waals surface area contributed by atoms with E-state index in [9.17, 15) is 9.50 Å². The first-order valence-corrected chi connectivity index (χ1v) is 8.14. The number of nitrogens with zero attached hydrogens (tertiary/aromatic N) is 4. The van der Waals surface area contributed by atoms with Gasteiger partial charge in [0.15, 0.2) is 0 Å². The first kappa shape index (κ1) is 14.6. The Balaban J connectivity index is 1.83. The van der Waals surface area contributed by atoms with Crippen LogP contribution in [0.5, 0.6) is 5.88 Å². The monoisotopic (exact) mass is 334 g/mol. The first-order chi connectivity index (χ1) is 11.2. The van der Waals surface area contributed by atoms with Crippen LogP contribution in [-0.4, -0.2) is 50.9 Å². The predicted molar refractivity (Wildman–Crippen MR) is 83.2 cm³/mol. The van der Waals surface area contributed by atoms with Gasteiger partial charge in [0.05, 0.1) is 24.1 Å². The molecule has 4 rings (SSSR count). The topological polar surface area (TPSA) is 62.9 Å². The SMILES string of the molecule is Oc1c(C(c2cccc(F)c2)N2CCOCC2)sc2ncnn12. The fourth-order valence-electron chi connectivity index (χ4n) is 2.91. The number of hydrogen-bond donors (Lipinski definition) is 1. The summed E-state index contributed by atoms with van der Waals surface area (Å²) in [5, 5.41) is 14.6. The van der Waals surface area contributed by atoms with Crippen molar-refractivity contribution in [2.75, 3.05) is 26.3 Å². The maximum Gasteiger partial charge on any atom is 0.230 e. The summed E-state index contributed by atoms with van der Waals surface area (Å²) in [5.74, 6) is -0.233. The molecule has 0 saturated carbocycles. The molecule has 0 aliphatic carbocycles. The Morgan fingerprint density at radius 2 is 2.13 bits per heavy atom. The Kier molecular flexibility index (Phi) is 3.72. The molecule has 0 amide bonds. The van der Waals surface area contributed by atoms with Crippen molar-refractivity contribution in [3.8, 4) is 5.88 Å². The van der Waals surface area contributed by atoms with Gasteiger partial charge in [-0.25, -0.2) is 9.37 Å². The average molecular weight is 334 g/mol. The van der Waals surface area contributed by atoms with Crippen molar-refractivity contribution < 1.29 is 14.2 Å². The Morgan fingerprint density at radius 3 is 2.87 bits per heavy atom.